The lowest BCUT2D eigenvalue weighted by Gasteiger charge is -2.40. The molecule has 0 amide bonds. The molecule has 0 aromatic heterocycles. The summed E-state index contributed by atoms with van der Waals surface area (Å²) in [6.45, 7) is 6.29. The predicted octanol–water partition coefficient (Wildman–Crippen LogP) is 2.96. The van der Waals surface area contributed by atoms with E-state index in [9.17, 15) is 13.2 Å². The Hall–Kier alpha value is -1.31. The first-order chi connectivity index (χ1) is 13.2. The molecule has 2 saturated carbocycles. The van der Waals surface area contributed by atoms with Gasteiger partial charge in [0.2, 0.25) is 10.0 Å². The Morgan fingerprint density at radius 1 is 1.14 bits per heavy atom. The van der Waals surface area contributed by atoms with E-state index in [1.54, 1.807) is 11.4 Å². The third-order valence-corrected chi connectivity index (χ3v) is 9.64. The van der Waals surface area contributed by atoms with Crippen LogP contribution in [0.25, 0.3) is 0 Å². The van der Waals surface area contributed by atoms with Gasteiger partial charge in [-0.15, -0.1) is 12.4 Å². The molecule has 2 unspecified atom stereocenters. The van der Waals surface area contributed by atoms with Gasteiger partial charge in [0.05, 0.1) is 18.6 Å². The maximum absolute atomic E-state index is 13.3. The van der Waals surface area contributed by atoms with Crippen LogP contribution in [-0.4, -0.2) is 57.5 Å². The number of nitrogens with zero attached hydrogens (tertiary/aromatic N) is 2. The average molecular weight is 443 g/mol. The minimum Gasteiger partial charge on any atom is -0.495 e. The summed E-state index contributed by atoms with van der Waals surface area (Å²) in [5, 5.41) is 0. The fourth-order valence-corrected chi connectivity index (χ4v) is 7.81. The quantitative estimate of drug-likeness (QED) is 0.701. The number of sulfonamides is 1. The van der Waals surface area contributed by atoms with Crippen molar-refractivity contribution in [1.82, 2.24) is 4.31 Å². The SMILES string of the molecule is COc1ccccc1N1CCN(S(=O)(=O)CC23CCC(CC2=O)C3(C)C)CC1.Cl. The van der Waals surface area contributed by atoms with Crippen LogP contribution in [0.2, 0.25) is 0 Å². The maximum Gasteiger partial charge on any atom is 0.215 e. The number of fused-ring (bicyclic) bond motifs is 2. The number of benzene rings is 1. The van der Waals surface area contributed by atoms with Gasteiger partial charge in [-0.1, -0.05) is 26.0 Å². The number of carbonyl (C=O) groups excluding carboxylic acids is 1. The zero-order chi connectivity index (χ0) is 20.2. The molecule has 6 nitrogen and oxygen atoms in total. The second-order valence-electron chi connectivity index (χ2n) is 8.98. The Bertz CT molecular complexity index is 880. The number of carbonyl (C=O) groups is 1. The van der Waals surface area contributed by atoms with E-state index in [4.69, 9.17) is 4.74 Å². The Balaban J connectivity index is 0.00000240. The Morgan fingerprint density at radius 3 is 2.34 bits per heavy atom. The molecule has 1 heterocycles. The minimum absolute atomic E-state index is 0. The zero-order valence-electron chi connectivity index (χ0n) is 17.4. The van der Waals surface area contributed by atoms with Gasteiger partial charge in [0.25, 0.3) is 0 Å². The molecular formula is C21H31ClN2O4S. The lowest BCUT2D eigenvalue weighted by atomic mass is 9.70. The van der Waals surface area contributed by atoms with E-state index in [1.807, 2.05) is 24.3 Å². The van der Waals surface area contributed by atoms with E-state index < -0.39 is 15.4 Å². The molecular weight excluding hydrogens is 412 g/mol. The Labute approximate surface area is 180 Å². The van der Waals surface area contributed by atoms with Gasteiger partial charge in [0.1, 0.15) is 11.5 Å². The number of anilines is 1. The fourth-order valence-electron chi connectivity index (χ4n) is 5.61. The number of halogens is 1. The molecule has 3 fully saturated rings. The number of rotatable bonds is 5. The van der Waals surface area contributed by atoms with Crippen LogP contribution in [0.3, 0.4) is 0 Å². The number of para-hydroxylation sites is 2. The molecule has 0 N–H and O–H groups in total. The molecule has 0 spiro atoms. The van der Waals surface area contributed by atoms with E-state index in [0.29, 0.717) is 44.9 Å². The van der Waals surface area contributed by atoms with E-state index >= 15 is 0 Å². The van der Waals surface area contributed by atoms with E-state index in [1.165, 1.54) is 0 Å². The van der Waals surface area contributed by atoms with Crippen molar-refractivity contribution in [2.24, 2.45) is 16.7 Å². The third kappa shape index (κ3) is 3.45. The van der Waals surface area contributed by atoms with Gasteiger partial charge in [-0.05, 0) is 36.3 Å². The number of Topliss-reactive ketones (excluding diaryl/α,β-unsaturated/α-hetero) is 1. The molecule has 8 heteroatoms. The number of hydrogen-bond acceptors (Lipinski definition) is 5. The lowest BCUT2D eigenvalue weighted by Crippen LogP contribution is -2.52. The summed E-state index contributed by atoms with van der Waals surface area (Å²) < 4.78 is 33.5. The molecule has 4 rings (SSSR count). The predicted molar refractivity (Wildman–Crippen MR) is 116 cm³/mol. The van der Waals surface area contributed by atoms with Gasteiger partial charge in [-0.25, -0.2) is 8.42 Å². The van der Waals surface area contributed by atoms with Crippen LogP contribution in [0.4, 0.5) is 5.69 Å². The highest BCUT2D eigenvalue weighted by atomic mass is 35.5. The highest BCUT2D eigenvalue weighted by molar-refractivity contribution is 7.89. The average Bonchev–Trinajstić information content (AvgIpc) is 3.02. The van der Waals surface area contributed by atoms with Gasteiger partial charge in [0, 0.05) is 38.0 Å². The van der Waals surface area contributed by atoms with Crippen LogP contribution in [0.15, 0.2) is 24.3 Å². The van der Waals surface area contributed by atoms with E-state index in [2.05, 4.69) is 18.7 Å². The summed E-state index contributed by atoms with van der Waals surface area (Å²) in [6.07, 6.45) is 2.23. The fraction of sp³-hybridized carbons (Fsp3) is 0.667. The molecule has 1 aromatic rings. The van der Waals surface area contributed by atoms with E-state index in [-0.39, 0.29) is 29.4 Å². The second-order valence-corrected chi connectivity index (χ2v) is 10.9. The standard InChI is InChI=1S/C21H30N2O4S.ClH/c1-20(2)16-8-9-21(20,19(24)14-16)15-28(25,26)23-12-10-22(11-13-23)17-6-4-5-7-18(17)27-3;/h4-7,16H,8-15H2,1-3H3;1H. The molecule has 1 aromatic carbocycles. The van der Waals surface area contributed by atoms with Crippen molar-refractivity contribution in [3.05, 3.63) is 24.3 Å². The number of methoxy groups -OCH3 is 1. The maximum atomic E-state index is 13.3. The summed E-state index contributed by atoms with van der Waals surface area (Å²) >= 11 is 0. The van der Waals surface area contributed by atoms with Crippen LogP contribution in [0.5, 0.6) is 5.75 Å². The van der Waals surface area contributed by atoms with Crippen molar-refractivity contribution in [3.8, 4) is 5.75 Å². The van der Waals surface area contributed by atoms with Crippen LogP contribution >= 0.6 is 12.4 Å². The van der Waals surface area contributed by atoms with Gasteiger partial charge in [-0.2, -0.15) is 4.31 Å². The van der Waals surface area contributed by atoms with Crippen molar-refractivity contribution >= 4 is 33.9 Å². The molecule has 2 atom stereocenters. The lowest BCUT2D eigenvalue weighted by molar-refractivity contribution is -0.128. The molecule has 29 heavy (non-hydrogen) atoms. The Kier molecular flexibility index (Phi) is 5.98. The van der Waals surface area contributed by atoms with Crippen molar-refractivity contribution in [2.75, 3.05) is 43.9 Å². The number of ether oxygens (including phenoxy) is 1. The summed E-state index contributed by atoms with van der Waals surface area (Å²) in [5.41, 5.74) is 0.0681. The summed E-state index contributed by atoms with van der Waals surface area (Å²) in [7, 11) is -1.83. The molecule has 1 aliphatic heterocycles. The Morgan fingerprint density at radius 2 is 1.79 bits per heavy atom. The van der Waals surface area contributed by atoms with Gasteiger partial charge in [-0.3, -0.25) is 4.79 Å². The molecule has 3 aliphatic rings. The first kappa shape index (κ1) is 22.4. The van der Waals surface area contributed by atoms with Crippen molar-refractivity contribution < 1.29 is 17.9 Å². The molecule has 0 radical (unpaired) electrons. The summed E-state index contributed by atoms with van der Waals surface area (Å²) in [6, 6.07) is 7.81. The smallest absolute Gasteiger partial charge is 0.215 e. The molecule has 1 saturated heterocycles. The van der Waals surface area contributed by atoms with Gasteiger partial charge >= 0.3 is 0 Å². The highest BCUT2D eigenvalue weighted by Gasteiger charge is 2.65. The second kappa shape index (κ2) is 7.75. The van der Waals surface area contributed by atoms with Crippen molar-refractivity contribution in [3.63, 3.8) is 0 Å². The van der Waals surface area contributed by atoms with Crippen molar-refractivity contribution in [2.45, 2.75) is 33.1 Å². The van der Waals surface area contributed by atoms with Crippen LogP contribution in [-0.2, 0) is 14.8 Å². The number of ketones is 1. The van der Waals surface area contributed by atoms with Crippen molar-refractivity contribution in [1.29, 1.82) is 0 Å². The number of hydrogen-bond donors (Lipinski definition) is 0. The van der Waals surface area contributed by atoms with Gasteiger partial charge < -0.3 is 9.64 Å². The first-order valence-corrected chi connectivity index (χ1v) is 11.7. The first-order valence-electron chi connectivity index (χ1n) is 10.1. The normalized spacial score (nSPS) is 29.0. The molecule has 2 aliphatic carbocycles. The van der Waals surface area contributed by atoms with Gasteiger partial charge in [0.15, 0.2) is 0 Å². The molecule has 162 valence electrons. The highest BCUT2D eigenvalue weighted by Crippen LogP contribution is 2.64. The minimum atomic E-state index is -3.48. The molecule has 2 bridgehead atoms. The largest absolute Gasteiger partial charge is 0.495 e. The third-order valence-electron chi connectivity index (χ3n) is 7.63. The summed E-state index contributed by atoms with van der Waals surface area (Å²) in [4.78, 5) is 14.9. The number of piperazine rings is 1. The van der Waals surface area contributed by atoms with Crippen LogP contribution < -0.4 is 9.64 Å². The van der Waals surface area contributed by atoms with E-state index in [0.717, 1.165) is 17.9 Å². The topological polar surface area (TPSA) is 66.9 Å². The monoisotopic (exact) mass is 442 g/mol. The van der Waals surface area contributed by atoms with Crippen LogP contribution in [0, 0.1) is 16.7 Å². The summed E-state index contributed by atoms with van der Waals surface area (Å²) in [5.74, 6) is 1.26. The van der Waals surface area contributed by atoms with Crippen LogP contribution in [0.1, 0.15) is 33.1 Å². The zero-order valence-corrected chi connectivity index (χ0v) is 19.0.